The van der Waals surface area contributed by atoms with E-state index < -0.39 is 6.61 Å². The minimum atomic E-state index is -2.81. The number of rotatable bonds is 10. The predicted octanol–water partition coefficient (Wildman–Crippen LogP) is 2.80. The number of benzene rings is 1. The number of halogens is 2. The van der Waals surface area contributed by atoms with Crippen LogP contribution in [0.2, 0.25) is 0 Å². The first kappa shape index (κ1) is 22.4. The maximum absolute atomic E-state index is 12.3. The van der Waals surface area contributed by atoms with Crippen molar-refractivity contribution < 1.29 is 18.3 Å². The predicted molar refractivity (Wildman–Crippen MR) is 107 cm³/mol. The molecule has 1 aromatic carbocycles. The summed E-state index contributed by atoms with van der Waals surface area (Å²) in [5.74, 6) is 1.01. The van der Waals surface area contributed by atoms with Crippen LogP contribution in [-0.4, -0.2) is 75.4 Å². The molecular weight excluding hydrogens is 366 g/mol. The second-order valence-corrected chi connectivity index (χ2v) is 6.90. The van der Waals surface area contributed by atoms with E-state index in [-0.39, 0.29) is 5.75 Å². The highest BCUT2D eigenvalue weighted by Crippen LogP contribution is 2.18. The molecule has 28 heavy (non-hydrogen) atoms. The van der Waals surface area contributed by atoms with Crippen molar-refractivity contribution >= 4 is 5.96 Å². The Balaban J connectivity index is 1.94. The molecule has 1 unspecified atom stereocenters. The topological polar surface area (TPSA) is 49.3 Å². The Morgan fingerprint density at radius 3 is 2.75 bits per heavy atom. The van der Waals surface area contributed by atoms with E-state index in [0.717, 1.165) is 50.7 Å². The summed E-state index contributed by atoms with van der Waals surface area (Å²) < 4.78 is 34.1. The van der Waals surface area contributed by atoms with Crippen molar-refractivity contribution in [3.63, 3.8) is 0 Å². The molecular formula is C20H32F2N4O2. The molecule has 0 bridgehead atoms. The molecule has 0 amide bonds. The summed E-state index contributed by atoms with van der Waals surface area (Å²) in [5.41, 5.74) is 0.998. The lowest BCUT2D eigenvalue weighted by molar-refractivity contribution is -0.0498. The number of nitrogens with one attached hydrogen (secondary N) is 1. The quantitative estimate of drug-likeness (QED) is 0.485. The molecule has 1 saturated heterocycles. The summed E-state index contributed by atoms with van der Waals surface area (Å²) in [5, 5.41) is 3.33. The molecule has 0 saturated carbocycles. The van der Waals surface area contributed by atoms with Crippen LogP contribution in [0.25, 0.3) is 0 Å². The normalized spacial score (nSPS) is 17.9. The van der Waals surface area contributed by atoms with E-state index in [0.29, 0.717) is 12.6 Å². The van der Waals surface area contributed by atoms with E-state index in [1.54, 1.807) is 31.4 Å². The fraction of sp³-hybridized carbons (Fsp3) is 0.650. The zero-order valence-corrected chi connectivity index (χ0v) is 17.0. The van der Waals surface area contributed by atoms with E-state index in [2.05, 4.69) is 15.0 Å². The van der Waals surface area contributed by atoms with Gasteiger partial charge in [0.05, 0.1) is 13.2 Å². The molecule has 0 spiro atoms. The lowest BCUT2D eigenvalue weighted by atomic mass is 10.2. The van der Waals surface area contributed by atoms with Crippen molar-refractivity contribution in [3.05, 3.63) is 29.8 Å². The Kier molecular flexibility index (Phi) is 9.43. The summed E-state index contributed by atoms with van der Waals surface area (Å²) in [4.78, 5) is 9.32. The Morgan fingerprint density at radius 1 is 1.36 bits per heavy atom. The molecule has 1 aromatic rings. The van der Waals surface area contributed by atoms with E-state index >= 15 is 0 Å². The van der Waals surface area contributed by atoms with Gasteiger partial charge in [0.2, 0.25) is 0 Å². The second-order valence-electron chi connectivity index (χ2n) is 6.90. The number of hydrogen-bond donors (Lipinski definition) is 1. The smallest absolute Gasteiger partial charge is 0.387 e. The monoisotopic (exact) mass is 398 g/mol. The third-order valence-electron chi connectivity index (χ3n) is 4.80. The van der Waals surface area contributed by atoms with Gasteiger partial charge in [-0.25, -0.2) is 0 Å². The Bertz CT molecular complexity index is 598. The molecule has 1 heterocycles. The van der Waals surface area contributed by atoms with Crippen LogP contribution in [-0.2, 0) is 11.3 Å². The molecule has 6 nitrogen and oxygen atoms in total. The Hall–Kier alpha value is -1.93. The van der Waals surface area contributed by atoms with Gasteiger partial charge in [-0.1, -0.05) is 12.1 Å². The summed E-state index contributed by atoms with van der Waals surface area (Å²) in [7, 11) is 3.70. The molecule has 1 fully saturated rings. The number of hydrogen-bond acceptors (Lipinski definition) is 4. The summed E-state index contributed by atoms with van der Waals surface area (Å²) in [6.07, 6.45) is 2.35. The fourth-order valence-electron chi connectivity index (χ4n) is 3.39. The maximum Gasteiger partial charge on any atom is 0.387 e. The Morgan fingerprint density at radius 2 is 2.11 bits per heavy atom. The lowest BCUT2D eigenvalue weighted by Gasteiger charge is -2.25. The molecule has 1 N–H and O–H groups in total. The van der Waals surface area contributed by atoms with Gasteiger partial charge in [-0.15, -0.1) is 0 Å². The number of aliphatic imine (C=N–C) groups is 1. The van der Waals surface area contributed by atoms with E-state index in [1.165, 1.54) is 6.42 Å². The van der Waals surface area contributed by atoms with Crippen LogP contribution in [0.15, 0.2) is 29.3 Å². The van der Waals surface area contributed by atoms with Gasteiger partial charge in [0.1, 0.15) is 5.75 Å². The Labute approximate surface area is 166 Å². The van der Waals surface area contributed by atoms with Gasteiger partial charge in [-0.2, -0.15) is 8.78 Å². The van der Waals surface area contributed by atoms with Gasteiger partial charge in [-0.05, 0) is 44.0 Å². The number of methoxy groups -OCH3 is 1. The largest absolute Gasteiger partial charge is 0.435 e. The zero-order valence-electron chi connectivity index (χ0n) is 17.0. The summed E-state index contributed by atoms with van der Waals surface area (Å²) >= 11 is 0. The van der Waals surface area contributed by atoms with Crippen molar-refractivity contribution in [2.75, 3.05) is 46.9 Å². The molecule has 1 atom stereocenters. The number of ether oxygens (including phenoxy) is 2. The van der Waals surface area contributed by atoms with Crippen LogP contribution in [0.3, 0.4) is 0 Å². The number of alkyl halides is 2. The first-order valence-electron chi connectivity index (χ1n) is 9.79. The number of likely N-dealkylation sites (tertiary alicyclic amines) is 1. The average molecular weight is 398 g/mol. The molecule has 158 valence electrons. The van der Waals surface area contributed by atoms with Crippen molar-refractivity contribution in [1.29, 1.82) is 0 Å². The van der Waals surface area contributed by atoms with Crippen molar-refractivity contribution in [2.45, 2.75) is 39.0 Å². The first-order valence-corrected chi connectivity index (χ1v) is 9.79. The summed E-state index contributed by atoms with van der Waals surface area (Å²) in [6, 6.07) is 7.16. The fourth-order valence-corrected chi connectivity index (χ4v) is 3.39. The van der Waals surface area contributed by atoms with Gasteiger partial charge < -0.3 is 19.7 Å². The second kappa shape index (κ2) is 11.8. The van der Waals surface area contributed by atoms with Crippen LogP contribution >= 0.6 is 0 Å². The summed E-state index contributed by atoms with van der Waals surface area (Å²) in [6.45, 7) is 4.17. The average Bonchev–Trinajstić information content (AvgIpc) is 3.11. The van der Waals surface area contributed by atoms with E-state index in [4.69, 9.17) is 9.73 Å². The van der Waals surface area contributed by atoms with Crippen LogP contribution in [0.4, 0.5) is 8.78 Å². The molecule has 2 rings (SSSR count). The molecule has 1 aliphatic rings. The highest BCUT2D eigenvalue weighted by Gasteiger charge is 2.24. The van der Waals surface area contributed by atoms with Gasteiger partial charge in [0.25, 0.3) is 0 Å². The van der Waals surface area contributed by atoms with Gasteiger partial charge in [0.15, 0.2) is 5.96 Å². The minimum Gasteiger partial charge on any atom is -0.435 e. The van der Waals surface area contributed by atoms with Gasteiger partial charge in [-0.3, -0.25) is 9.89 Å². The van der Waals surface area contributed by atoms with E-state index in [9.17, 15) is 8.78 Å². The molecule has 0 aliphatic carbocycles. The van der Waals surface area contributed by atoms with Crippen LogP contribution < -0.4 is 10.1 Å². The molecule has 1 aliphatic heterocycles. The van der Waals surface area contributed by atoms with Crippen LogP contribution in [0.1, 0.15) is 25.3 Å². The maximum atomic E-state index is 12.3. The van der Waals surface area contributed by atoms with Gasteiger partial charge >= 0.3 is 6.61 Å². The first-order chi connectivity index (χ1) is 13.5. The van der Waals surface area contributed by atoms with Crippen molar-refractivity contribution in [1.82, 2.24) is 15.1 Å². The third kappa shape index (κ3) is 7.24. The van der Waals surface area contributed by atoms with Gasteiger partial charge in [0, 0.05) is 39.8 Å². The van der Waals surface area contributed by atoms with E-state index in [1.807, 2.05) is 18.9 Å². The number of guanidine groups is 1. The highest BCUT2D eigenvalue weighted by atomic mass is 19.3. The standard InChI is InChI=1S/C20H32F2N4O2/c1-4-23-20(24-14-17-6-5-11-26(17)12-13-27-3)25(2)15-16-7-9-18(10-8-16)28-19(21)22/h7-10,17,19H,4-6,11-15H2,1-3H3,(H,23,24). The zero-order chi connectivity index (χ0) is 20.4. The lowest BCUT2D eigenvalue weighted by Crippen LogP contribution is -2.40. The molecule has 8 heteroatoms. The third-order valence-corrected chi connectivity index (χ3v) is 4.80. The molecule has 0 radical (unpaired) electrons. The minimum absolute atomic E-state index is 0.166. The van der Waals surface area contributed by atoms with Crippen molar-refractivity contribution in [2.24, 2.45) is 4.99 Å². The molecule has 0 aromatic heterocycles. The SMILES string of the molecule is CCNC(=NCC1CCCN1CCOC)N(C)Cc1ccc(OC(F)F)cc1. The van der Waals surface area contributed by atoms with Crippen molar-refractivity contribution in [3.8, 4) is 5.75 Å². The van der Waals surface area contributed by atoms with Crippen LogP contribution in [0.5, 0.6) is 5.75 Å². The highest BCUT2D eigenvalue weighted by molar-refractivity contribution is 5.79. The number of nitrogens with zero attached hydrogens (tertiary/aromatic N) is 3. The van der Waals surface area contributed by atoms with Crippen LogP contribution in [0, 0.1) is 0 Å².